The van der Waals surface area contributed by atoms with Crippen LogP contribution >= 0.6 is 11.6 Å². The van der Waals surface area contributed by atoms with Gasteiger partial charge in [-0.1, -0.05) is 17.7 Å². The normalized spacial score (nSPS) is 14.1. The molecular weight excluding hydrogens is 578 g/mol. The van der Waals surface area contributed by atoms with Gasteiger partial charge in [0, 0.05) is 28.9 Å². The van der Waals surface area contributed by atoms with Gasteiger partial charge in [0.25, 0.3) is 0 Å². The molecule has 3 N–H and O–H groups in total. The molecule has 1 aliphatic carbocycles. The largest absolute Gasteiger partial charge is 0.480 e. The summed E-state index contributed by atoms with van der Waals surface area (Å²) in [6, 6.07) is 8.61. The van der Waals surface area contributed by atoms with E-state index in [9.17, 15) is 19.2 Å². The van der Waals surface area contributed by atoms with Crippen molar-refractivity contribution in [2.75, 3.05) is 25.6 Å². The molecule has 0 aliphatic heterocycles. The van der Waals surface area contributed by atoms with Gasteiger partial charge >= 0.3 is 18.0 Å². The molecule has 230 valence electrons. The maximum atomic E-state index is 13.4. The van der Waals surface area contributed by atoms with Gasteiger partial charge in [0.05, 0.1) is 19.4 Å². The zero-order valence-corrected chi connectivity index (χ0v) is 25.6. The second-order valence-electron chi connectivity index (χ2n) is 11.2. The lowest BCUT2D eigenvalue weighted by Gasteiger charge is -2.24. The van der Waals surface area contributed by atoms with Crippen molar-refractivity contribution in [1.29, 1.82) is 0 Å². The number of aromatic nitrogens is 1. The molecule has 1 atom stereocenters. The summed E-state index contributed by atoms with van der Waals surface area (Å²) in [5.74, 6) is -1.44. The molecular formula is C31H36ClN3O8. The SMILES string of the molecule is CCOC(=O)COc1cc(CNC(=O)OC(C)(C)C)ccc1NC(=O)CC1CCc2cc(Cl)cc3[nH]c(C(=O)OC)c1c23. The number of ether oxygens (including phenoxy) is 4. The number of carbonyl (C=O) groups excluding carboxylic acids is 4. The number of H-pyrrole nitrogens is 1. The minimum atomic E-state index is -0.649. The number of benzene rings is 2. The first-order chi connectivity index (χ1) is 20.4. The second kappa shape index (κ2) is 13.4. The lowest BCUT2D eigenvalue weighted by atomic mass is 9.81. The van der Waals surface area contributed by atoms with Gasteiger partial charge in [0.1, 0.15) is 17.0 Å². The van der Waals surface area contributed by atoms with Crippen molar-refractivity contribution in [3.8, 4) is 5.75 Å². The highest BCUT2D eigenvalue weighted by Crippen LogP contribution is 2.42. The van der Waals surface area contributed by atoms with Crippen LogP contribution in [0.5, 0.6) is 5.75 Å². The molecule has 1 unspecified atom stereocenters. The van der Waals surface area contributed by atoms with Crippen LogP contribution in [0.4, 0.5) is 10.5 Å². The van der Waals surface area contributed by atoms with Gasteiger partial charge in [-0.05, 0) is 87.4 Å². The quantitative estimate of drug-likeness (QED) is 0.197. The molecule has 0 saturated carbocycles. The molecule has 1 aliphatic rings. The van der Waals surface area contributed by atoms with Gasteiger partial charge in [-0.25, -0.2) is 14.4 Å². The van der Waals surface area contributed by atoms with E-state index >= 15 is 0 Å². The number of rotatable bonds is 10. The molecule has 0 bridgehead atoms. The van der Waals surface area contributed by atoms with E-state index in [1.165, 1.54) is 7.11 Å². The van der Waals surface area contributed by atoms with Crippen molar-refractivity contribution >= 4 is 52.1 Å². The van der Waals surface area contributed by atoms with Crippen molar-refractivity contribution < 1.29 is 38.1 Å². The van der Waals surface area contributed by atoms with Gasteiger partial charge in [-0.2, -0.15) is 0 Å². The zero-order valence-electron chi connectivity index (χ0n) is 24.9. The minimum Gasteiger partial charge on any atom is -0.480 e. The number of aromatic amines is 1. The summed E-state index contributed by atoms with van der Waals surface area (Å²) in [5, 5.41) is 7.00. The Hall–Kier alpha value is -4.25. The molecule has 1 aromatic heterocycles. The number of nitrogens with one attached hydrogen (secondary N) is 3. The minimum absolute atomic E-state index is 0.0816. The van der Waals surface area contributed by atoms with E-state index < -0.39 is 23.6 Å². The first kappa shape index (κ1) is 31.7. The van der Waals surface area contributed by atoms with Crippen LogP contribution in [0, 0.1) is 0 Å². The number of esters is 2. The number of anilines is 1. The molecule has 0 radical (unpaired) electrons. The molecule has 0 fully saturated rings. The fourth-order valence-electron chi connectivity index (χ4n) is 5.11. The van der Waals surface area contributed by atoms with Crippen LogP contribution in [-0.4, -0.2) is 54.8 Å². The second-order valence-corrected chi connectivity index (χ2v) is 11.6. The summed E-state index contributed by atoms with van der Waals surface area (Å²) in [6.07, 6.45) is 0.811. The molecule has 0 spiro atoms. The van der Waals surface area contributed by atoms with Crippen molar-refractivity contribution in [3.05, 3.63) is 57.7 Å². The number of methoxy groups -OCH3 is 1. The summed E-state index contributed by atoms with van der Waals surface area (Å²) < 4.78 is 21.0. The van der Waals surface area contributed by atoms with Crippen LogP contribution in [0.1, 0.15) is 73.6 Å². The number of aryl methyl sites for hydroxylation is 1. The van der Waals surface area contributed by atoms with E-state index in [1.807, 2.05) is 6.07 Å². The third-order valence-electron chi connectivity index (χ3n) is 6.78. The summed E-state index contributed by atoms with van der Waals surface area (Å²) in [4.78, 5) is 53.3. The van der Waals surface area contributed by atoms with E-state index in [1.54, 1.807) is 52.0 Å². The van der Waals surface area contributed by atoms with E-state index in [2.05, 4.69) is 15.6 Å². The van der Waals surface area contributed by atoms with Gasteiger partial charge in [0.2, 0.25) is 5.91 Å². The maximum absolute atomic E-state index is 13.4. The molecule has 2 amide bonds. The number of hydrogen-bond donors (Lipinski definition) is 3. The van der Waals surface area contributed by atoms with Crippen LogP contribution in [0.2, 0.25) is 5.02 Å². The van der Waals surface area contributed by atoms with Crippen molar-refractivity contribution in [1.82, 2.24) is 10.3 Å². The predicted molar refractivity (Wildman–Crippen MR) is 161 cm³/mol. The molecule has 3 aromatic rings. The third-order valence-corrected chi connectivity index (χ3v) is 7.00. The Kier molecular flexibility index (Phi) is 9.85. The van der Waals surface area contributed by atoms with Crippen molar-refractivity contribution in [2.24, 2.45) is 0 Å². The number of hydrogen-bond acceptors (Lipinski definition) is 8. The number of alkyl carbamates (subject to hydrolysis) is 1. The average molecular weight is 614 g/mol. The van der Waals surface area contributed by atoms with Gasteiger partial charge in [0.15, 0.2) is 6.61 Å². The van der Waals surface area contributed by atoms with Crippen LogP contribution in [0.25, 0.3) is 10.9 Å². The molecule has 4 rings (SSSR count). The molecule has 2 aromatic carbocycles. The number of amides is 2. The fourth-order valence-corrected chi connectivity index (χ4v) is 5.35. The van der Waals surface area contributed by atoms with Crippen LogP contribution in [0.15, 0.2) is 30.3 Å². The zero-order chi connectivity index (χ0) is 31.3. The Bertz CT molecular complexity index is 1540. The highest BCUT2D eigenvalue weighted by Gasteiger charge is 2.32. The highest BCUT2D eigenvalue weighted by atomic mass is 35.5. The van der Waals surface area contributed by atoms with E-state index in [0.717, 1.165) is 16.5 Å². The Balaban J connectivity index is 1.54. The van der Waals surface area contributed by atoms with E-state index in [4.69, 9.17) is 30.5 Å². The summed E-state index contributed by atoms with van der Waals surface area (Å²) in [6.45, 7) is 6.94. The van der Waals surface area contributed by atoms with E-state index in [0.29, 0.717) is 40.3 Å². The van der Waals surface area contributed by atoms with Crippen LogP contribution in [0.3, 0.4) is 0 Å². The molecule has 43 heavy (non-hydrogen) atoms. The predicted octanol–water partition coefficient (Wildman–Crippen LogP) is 5.63. The number of carbonyl (C=O) groups is 4. The Labute approximate surface area is 254 Å². The topological polar surface area (TPSA) is 145 Å². The first-order valence-corrected chi connectivity index (χ1v) is 14.4. The lowest BCUT2D eigenvalue weighted by molar-refractivity contribution is -0.145. The third kappa shape index (κ3) is 7.98. The fraction of sp³-hybridized carbons (Fsp3) is 0.419. The first-order valence-electron chi connectivity index (χ1n) is 14.0. The molecule has 0 saturated heterocycles. The Morgan fingerprint density at radius 2 is 1.88 bits per heavy atom. The van der Waals surface area contributed by atoms with E-state index in [-0.39, 0.29) is 43.8 Å². The Morgan fingerprint density at radius 3 is 2.58 bits per heavy atom. The van der Waals surface area contributed by atoms with Crippen LogP contribution in [-0.2, 0) is 36.8 Å². The highest BCUT2D eigenvalue weighted by molar-refractivity contribution is 6.31. The maximum Gasteiger partial charge on any atom is 0.407 e. The van der Waals surface area contributed by atoms with Crippen molar-refractivity contribution in [3.63, 3.8) is 0 Å². The number of halogens is 1. The summed E-state index contributed by atoms with van der Waals surface area (Å²) in [5.41, 5.74) is 3.10. The average Bonchev–Trinajstić information content (AvgIpc) is 3.32. The lowest BCUT2D eigenvalue weighted by Crippen LogP contribution is -2.32. The molecule has 11 nitrogen and oxygen atoms in total. The summed E-state index contributed by atoms with van der Waals surface area (Å²) in [7, 11) is 1.31. The van der Waals surface area contributed by atoms with Crippen molar-refractivity contribution in [2.45, 2.75) is 65.0 Å². The standard InChI is InChI=1S/C31H36ClN3O8/c1-6-41-25(37)16-42-23-11-17(15-33-30(39)43-31(2,3)4)7-10-21(23)34-24(36)13-19-9-8-18-12-20(32)14-22-26(18)27(19)28(35-22)29(38)40-5/h7,10-12,14,19,35H,6,8-9,13,15-16H2,1-5H3,(H,33,39)(H,34,36). The monoisotopic (exact) mass is 613 g/mol. The van der Waals surface area contributed by atoms with Gasteiger partial charge < -0.3 is 34.6 Å². The van der Waals surface area contributed by atoms with Gasteiger partial charge in [-0.15, -0.1) is 0 Å². The summed E-state index contributed by atoms with van der Waals surface area (Å²) >= 11 is 6.29. The molecule has 1 heterocycles. The van der Waals surface area contributed by atoms with Crippen LogP contribution < -0.4 is 15.4 Å². The Morgan fingerprint density at radius 1 is 1.12 bits per heavy atom. The van der Waals surface area contributed by atoms with Gasteiger partial charge in [-0.3, -0.25) is 4.79 Å². The molecule has 12 heteroatoms. The smallest absolute Gasteiger partial charge is 0.407 e.